The van der Waals surface area contributed by atoms with Crippen molar-refractivity contribution in [2.75, 3.05) is 19.7 Å². The lowest BCUT2D eigenvalue weighted by atomic mass is 10.0. The van der Waals surface area contributed by atoms with Crippen LogP contribution in [0.1, 0.15) is 34.1 Å². The van der Waals surface area contributed by atoms with Crippen molar-refractivity contribution in [1.82, 2.24) is 4.90 Å². The lowest BCUT2D eigenvalue weighted by Gasteiger charge is -2.41. The van der Waals surface area contributed by atoms with Gasteiger partial charge in [0.25, 0.3) is 0 Å². The maximum absolute atomic E-state index is 6.05. The molecule has 2 unspecified atom stereocenters. The van der Waals surface area contributed by atoms with Crippen LogP contribution in [0.4, 0.5) is 0 Å². The molecule has 84 valence electrons. The maximum Gasteiger partial charge on any atom is 0.0674 e. The van der Waals surface area contributed by atoms with Gasteiger partial charge in [-0.15, -0.1) is 0 Å². The molecule has 1 fully saturated rings. The van der Waals surface area contributed by atoms with E-state index >= 15 is 0 Å². The standard InChI is InChI=1S/C11H24N2O/c1-5-10-7-14-9(2)6-13(10)8-11(3,4)12/h9-10H,5-8,12H2,1-4H3. The van der Waals surface area contributed by atoms with Crippen LogP contribution in [0, 0.1) is 0 Å². The van der Waals surface area contributed by atoms with Crippen molar-refractivity contribution >= 4 is 0 Å². The van der Waals surface area contributed by atoms with Crippen LogP contribution in [0.15, 0.2) is 0 Å². The van der Waals surface area contributed by atoms with Crippen LogP contribution in [0.2, 0.25) is 0 Å². The molecule has 0 aromatic rings. The summed E-state index contributed by atoms with van der Waals surface area (Å²) in [5, 5.41) is 0. The molecule has 1 aliphatic heterocycles. The Morgan fingerprint density at radius 3 is 2.64 bits per heavy atom. The fraction of sp³-hybridized carbons (Fsp3) is 1.00. The molecule has 1 aliphatic rings. The molecule has 0 radical (unpaired) electrons. The molecule has 1 saturated heterocycles. The Labute approximate surface area is 87.6 Å². The van der Waals surface area contributed by atoms with Gasteiger partial charge in [-0.2, -0.15) is 0 Å². The molecule has 0 aliphatic carbocycles. The van der Waals surface area contributed by atoms with Gasteiger partial charge in [-0.25, -0.2) is 0 Å². The number of ether oxygens (including phenoxy) is 1. The van der Waals surface area contributed by atoms with E-state index < -0.39 is 0 Å². The first-order valence-corrected chi connectivity index (χ1v) is 5.57. The van der Waals surface area contributed by atoms with E-state index in [1.807, 2.05) is 0 Å². The zero-order chi connectivity index (χ0) is 10.8. The maximum atomic E-state index is 6.05. The molecule has 2 atom stereocenters. The molecule has 3 nitrogen and oxygen atoms in total. The number of nitrogens with two attached hydrogens (primary N) is 1. The Bertz CT molecular complexity index is 177. The summed E-state index contributed by atoms with van der Waals surface area (Å²) in [6, 6.07) is 0.550. The second kappa shape index (κ2) is 4.60. The third-order valence-corrected chi connectivity index (χ3v) is 2.66. The van der Waals surface area contributed by atoms with Crippen molar-refractivity contribution < 1.29 is 4.74 Å². The van der Waals surface area contributed by atoms with Gasteiger partial charge < -0.3 is 10.5 Å². The minimum atomic E-state index is -0.107. The van der Waals surface area contributed by atoms with Gasteiger partial charge in [-0.05, 0) is 27.2 Å². The highest BCUT2D eigenvalue weighted by atomic mass is 16.5. The van der Waals surface area contributed by atoms with Crippen LogP contribution in [0.3, 0.4) is 0 Å². The summed E-state index contributed by atoms with van der Waals surface area (Å²) < 4.78 is 5.64. The van der Waals surface area contributed by atoms with Gasteiger partial charge in [0, 0.05) is 24.7 Å². The Morgan fingerprint density at radius 2 is 2.14 bits per heavy atom. The topological polar surface area (TPSA) is 38.5 Å². The largest absolute Gasteiger partial charge is 0.376 e. The molecule has 0 aromatic heterocycles. The summed E-state index contributed by atoms with van der Waals surface area (Å²) in [4.78, 5) is 2.47. The van der Waals surface area contributed by atoms with Gasteiger partial charge in [0.2, 0.25) is 0 Å². The normalized spacial score (nSPS) is 30.6. The first kappa shape index (κ1) is 12.0. The molecule has 0 saturated carbocycles. The zero-order valence-corrected chi connectivity index (χ0v) is 9.92. The van der Waals surface area contributed by atoms with Crippen LogP contribution >= 0.6 is 0 Å². The summed E-state index contributed by atoms with van der Waals surface area (Å²) in [7, 11) is 0. The second-order valence-electron chi connectivity index (χ2n) is 5.12. The molecule has 3 heteroatoms. The van der Waals surface area contributed by atoms with Crippen molar-refractivity contribution in [1.29, 1.82) is 0 Å². The lowest BCUT2D eigenvalue weighted by Crippen LogP contribution is -2.55. The summed E-state index contributed by atoms with van der Waals surface area (Å²) in [6.07, 6.45) is 1.49. The quantitative estimate of drug-likeness (QED) is 0.744. The van der Waals surface area contributed by atoms with Gasteiger partial charge in [-0.1, -0.05) is 6.92 Å². The van der Waals surface area contributed by atoms with Crippen LogP contribution in [-0.2, 0) is 4.74 Å². The predicted molar refractivity (Wildman–Crippen MR) is 59.3 cm³/mol. The number of nitrogens with zero attached hydrogens (tertiary/aromatic N) is 1. The lowest BCUT2D eigenvalue weighted by molar-refractivity contribution is -0.0607. The monoisotopic (exact) mass is 200 g/mol. The Morgan fingerprint density at radius 1 is 1.50 bits per heavy atom. The fourth-order valence-corrected chi connectivity index (χ4v) is 2.01. The van der Waals surface area contributed by atoms with E-state index in [9.17, 15) is 0 Å². The van der Waals surface area contributed by atoms with Crippen molar-refractivity contribution in [2.24, 2.45) is 5.73 Å². The van der Waals surface area contributed by atoms with Crippen molar-refractivity contribution in [2.45, 2.75) is 51.8 Å². The molecule has 0 spiro atoms. The number of rotatable bonds is 3. The SMILES string of the molecule is CCC1COC(C)CN1CC(C)(C)N. The van der Waals surface area contributed by atoms with Crippen LogP contribution in [-0.4, -0.2) is 42.3 Å². The first-order valence-electron chi connectivity index (χ1n) is 5.57. The predicted octanol–water partition coefficient (Wildman–Crippen LogP) is 1.22. The first-order chi connectivity index (χ1) is 6.42. The summed E-state index contributed by atoms with van der Waals surface area (Å²) >= 11 is 0. The molecule has 0 bridgehead atoms. The van der Waals surface area contributed by atoms with E-state index in [1.165, 1.54) is 0 Å². The second-order valence-corrected chi connectivity index (χ2v) is 5.12. The molecule has 0 aromatic carbocycles. The van der Waals surface area contributed by atoms with Gasteiger partial charge in [0.05, 0.1) is 12.7 Å². The number of hydrogen-bond acceptors (Lipinski definition) is 3. The van der Waals surface area contributed by atoms with E-state index in [1.54, 1.807) is 0 Å². The molecule has 2 N–H and O–H groups in total. The van der Waals surface area contributed by atoms with Gasteiger partial charge >= 0.3 is 0 Å². The highest BCUT2D eigenvalue weighted by Gasteiger charge is 2.28. The molecule has 1 heterocycles. The molecular weight excluding hydrogens is 176 g/mol. The Kier molecular flexibility index (Phi) is 3.93. The van der Waals surface area contributed by atoms with E-state index in [4.69, 9.17) is 10.5 Å². The van der Waals surface area contributed by atoms with Crippen LogP contribution in [0.5, 0.6) is 0 Å². The highest BCUT2D eigenvalue weighted by molar-refractivity contribution is 4.84. The number of hydrogen-bond donors (Lipinski definition) is 1. The summed E-state index contributed by atoms with van der Waals surface area (Å²) in [5.74, 6) is 0. The number of morpholine rings is 1. The third kappa shape index (κ3) is 3.56. The van der Waals surface area contributed by atoms with Crippen molar-refractivity contribution in [3.63, 3.8) is 0 Å². The molecular formula is C11H24N2O. The van der Waals surface area contributed by atoms with Crippen molar-refractivity contribution in [3.05, 3.63) is 0 Å². The average molecular weight is 200 g/mol. The minimum absolute atomic E-state index is 0.107. The van der Waals surface area contributed by atoms with Crippen molar-refractivity contribution in [3.8, 4) is 0 Å². The fourth-order valence-electron chi connectivity index (χ4n) is 2.01. The molecule has 14 heavy (non-hydrogen) atoms. The highest BCUT2D eigenvalue weighted by Crippen LogP contribution is 2.16. The molecule has 1 rings (SSSR count). The Balaban J connectivity index is 2.53. The minimum Gasteiger partial charge on any atom is -0.376 e. The van der Waals surface area contributed by atoms with Gasteiger partial charge in [0.1, 0.15) is 0 Å². The van der Waals surface area contributed by atoms with Crippen LogP contribution in [0.25, 0.3) is 0 Å². The summed E-state index contributed by atoms with van der Waals surface area (Å²) in [5.41, 5.74) is 5.94. The molecule has 0 amide bonds. The zero-order valence-electron chi connectivity index (χ0n) is 9.92. The smallest absolute Gasteiger partial charge is 0.0674 e. The van der Waals surface area contributed by atoms with E-state index in [0.29, 0.717) is 12.1 Å². The van der Waals surface area contributed by atoms with E-state index in [2.05, 4.69) is 32.6 Å². The van der Waals surface area contributed by atoms with Gasteiger partial charge in [0.15, 0.2) is 0 Å². The third-order valence-electron chi connectivity index (χ3n) is 2.66. The Hall–Kier alpha value is -0.120. The van der Waals surface area contributed by atoms with E-state index in [-0.39, 0.29) is 5.54 Å². The van der Waals surface area contributed by atoms with Crippen LogP contribution < -0.4 is 5.73 Å². The average Bonchev–Trinajstić information content (AvgIpc) is 2.01. The van der Waals surface area contributed by atoms with E-state index in [0.717, 1.165) is 26.1 Å². The summed E-state index contributed by atoms with van der Waals surface area (Å²) in [6.45, 7) is 11.3. The van der Waals surface area contributed by atoms with Gasteiger partial charge in [-0.3, -0.25) is 4.90 Å².